The molecule has 0 aliphatic carbocycles. The quantitative estimate of drug-likeness (QED) is 0.743. The zero-order valence-corrected chi connectivity index (χ0v) is 14.9. The second kappa shape index (κ2) is 7.77. The van der Waals surface area contributed by atoms with Crippen LogP contribution < -0.4 is 15.6 Å². The Hall–Kier alpha value is -3.26. The lowest BCUT2D eigenvalue weighted by Crippen LogP contribution is -2.52. The SMILES string of the molecule is O=C(NC1CCOCC1Oc1cccc(F)c1)c1cnc2ccccn2c1=O. The molecule has 1 amide bonds. The summed E-state index contributed by atoms with van der Waals surface area (Å²) in [6.45, 7) is 0.694. The predicted molar refractivity (Wildman–Crippen MR) is 99.0 cm³/mol. The van der Waals surface area contributed by atoms with Crippen molar-refractivity contribution in [1.29, 1.82) is 0 Å². The Labute approximate surface area is 159 Å². The minimum atomic E-state index is -0.532. The van der Waals surface area contributed by atoms with Crippen LogP contribution in [0.4, 0.5) is 4.39 Å². The fourth-order valence-electron chi connectivity index (χ4n) is 3.14. The number of aromatic nitrogens is 2. The summed E-state index contributed by atoms with van der Waals surface area (Å²) in [5, 5.41) is 2.83. The highest BCUT2D eigenvalue weighted by Gasteiger charge is 2.30. The van der Waals surface area contributed by atoms with Crippen LogP contribution in [0.1, 0.15) is 16.8 Å². The molecule has 1 fully saturated rings. The largest absolute Gasteiger partial charge is 0.486 e. The van der Waals surface area contributed by atoms with Gasteiger partial charge in [0.25, 0.3) is 11.5 Å². The van der Waals surface area contributed by atoms with Gasteiger partial charge < -0.3 is 14.8 Å². The summed E-state index contributed by atoms with van der Waals surface area (Å²) in [6.07, 6.45) is 2.84. The number of halogens is 1. The van der Waals surface area contributed by atoms with Crippen LogP contribution in [0.15, 0.2) is 59.7 Å². The average molecular weight is 383 g/mol. The van der Waals surface area contributed by atoms with Gasteiger partial charge in [0.05, 0.1) is 12.6 Å². The third-order valence-corrected chi connectivity index (χ3v) is 4.56. The Morgan fingerprint density at radius 3 is 3.04 bits per heavy atom. The van der Waals surface area contributed by atoms with E-state index in [1.807, 2.05) is 0 Å². The van der Waals surface area contributed by atoms with Crippen molar-refractivity contribution in [3.05, 3.63) is 76.6 Å². The zero-order chi connectivity index (χ0) is 19.5. The van der Waals surface area contributed by atoms with Gasteiger partial charge in [-0.2, -0.15) is 0 Å². The number of carbonyl (C=O) groups is 1. The van der Waals surface area contributed by atoms with Crippen LogP contribution in [-0.4, -0.2) is 40.7 Å². The zero-order valence-electron chi connectivity index (χ0n) is 14.9. The first-order valence-electron chi connectivity index (χ1n) is 8.89. The summed E-state index contributed by atoms with van der Waals surface area (Å²) < 4.78 is 26.0. The minimum absolute atomic E-state index is 0.0558. The fourth-order valence-corrected chi connectivity index (χ4v) is 3.14. The van der Waals surface area contributed by atoms with Crippen LogP contribution in [0.3, 0.4) is 0 Å². The van der Waals surface area contributed by atoms with Crippen molar-refractivity contribution in [2.75, 3.05) is 13.2 Å². The molecule has 0 radical (unpaired) electrons. The number of ether oxygens (including phenoxy) is 2. The van der Waals surface area contributed by atoms with Crippen molar-refractivity contribution in [2.24, 2.45) is 0 Å². The Bertz CT molecular complexity index is 1070. The first kappa shape index (κ1) is 18.1. The van der Waals surface area contributed by atoms with Gasteiger partial charge in [0.1, 0.15) is 28.9 Å². The number of amides is 1. The van der Waals surface area contributed by atoms with Crippen molar-refractivity contribution in [3.63, 3.8) is 0 Å². The Kier molecular flexibility index (Phi) is 5.03. The van der Waals surface area contributed by atoms with E-state index in [4.69, 9.17) is 9.47 Å². The molecule has 7 nitrogen and oxygen atoms in total. The van der Waals surface area contributed by atoms with E-state index < -0.39 is 23.4 Å². The van der Waals surface area contributed by atoms with Crippen LogP contribution >= 0.6 is 0 Å². The van der Waals surface area contributed by atoms with Crippen LogP contribution in [0, 0.1) is 5.82 Å². The van der Waals surface area contributed by atoms with Gasteiger partial charge in [0.2, 0.25) is 0 Å². The monoisotopic (exact) mass is 383 g/mol. The van der Waals surface area contributed by atoms with Gasteiger partial charge in [-0.15, -0.1) is 0 Å². The van der Waals surface area contributed by atoms with Gasteiger partial charge in [0.15, 0.2) is 0 Å². The van der Waals surface area contributed by atoms with Gasteiger partial charge in [-0.05, 0) is 30.7 Å². The third-order valence-electron chi connectivity index (χ3n) is 4.56. The number of benzene rings is 1. The lowest BCUT2D eigenvalue weighted by molar-refractivity contribution is -0.0136. The third kappa shape index (κ3) is 3.72. The number of pyridine rings is 1. The van der Waals surface area contributed by atoms with E-state index in [2.05, 4.69) is 10.3 Å². The molecule has 1 N–H and O–H groups in total. The molecule has 4 rings (SSSR count). The molecule has 1 aliphatic heterocycles. The van der Waals surface area contributed by atoms with Crippen molar-refractivity contribution in [3.8, 4) is 5.75 Å². The maximum absolute atomic E-state index is 13.4. The summed E-state index contributed by atoms with van der Waals surface area (Å²) in [6, 6.07) is 10.5. The Morgan fingerprint density at radius 2 is 2.18 bits per heavy atom. The molecule has 0 saturated carbocycles. The van der Waals surface area contributed by atoms with E-state index in [1.54, 1.807) is 36.5 Å². The minimum Gasteiger partial charge on any atom is -0.486 e. The molecule has 1 saturated heterocycles. The molecule has 2 unspecified atom stereocenters. The van der Waals surface area contributed by atoms with Crippen molar-refractivity contribution in [2.45, 2.75) is 18.6 Å². The predicted octanol–water partition coefficient (Wildman–Crippen LogP) is 1.80. The van der Waals surface area contributed by atoms with Crippen molar-refractivity contribution < 1.29 is 18.7 Å². The van der Waals surface area contributed by atoms with Crippen LogP contribution in [0.2, 0.25) is 0 Å². The molecule has 8 heteroatoms. The topological polar surface area (TPSA) is 81.9 Å². The highest BCUT2D eigenvalue weighted by molar-refractivity contribution is 5.94. The molecule has 3 heterocycles. The second-order valence-corrected chi connectivity index (χ2v) is 6.46. The molecule has 2 atom stereocenters. The van der Waals surface area contributed by atoms with E-state index in [0.717, 1.165) is 0 Å². The molecule has 1 aliphatic rings. The smallest absolute Gasteiger partial charge is 0.270 e. The molecule has 1 aromatic carbocycles. The molecule has 28 heavy (non-hydrogen) atoms. The normalized spacial score (nSPS) is 19.3. The first-order valence-corrected chi connectivity index (χ1v) is 8.89. The lowest BCUT2D eigenvalue weighted by atomic mass is 10.1. The van der Waals surface area contributed by atoms with Crippen LogP contribution in [0.25, 0.3) is 5.65 Å². The molecule has 0 bridgehead atoms. The number of nitrogens with zero attached hydrogens (tertiary/aromatic N) is 2. The molecule has 144 valence electrons. The maximum atomic E-state index is 13.4. The molecular weight excluding hydrogens is 365 g/mol. The van der Waals surface area contributed by atoms with Crippen LogP contribution in [0.5, 0.6) is 5.75 Å². The van der Waals surface area contributed by atoms with E-state index >= 15 is 0 Å². The number of carbonyl (C=O) groups excluding carboxylic acids is 1. The lowest BCUT2D eigenvalue weighted by Gasteiger charge is -2.32. The van der Waals surface area contributed by atoms with E-state index in [1.165, 1.54) is 22.7 Å². The number of rotatable bonds is 4. The first-order chi connectivity index (χ1) is 13.6. The average Bonchev–Trinajstić information content (AvgIpc) is 2.70. The Morgan fingerprint density at radius 1 is 1.29 bits per heavy atom. The highest BCUT2D eigenvalue weighted by Crippen LogP contribution is 2.19. The van der Waals surface area contributed by atoms with Gasteiger partial charge in [-0.3, -0.25) is 14.0 Å². The maximum Gasteiger partial charge on any atom is 0.270 e. The summed E-state index contributed by atoms with van der Waals surface area (Å²) in [4.78, 5) is 29.5. The standard InChI is InChI=1S/C20H18FN3O4/c21-13-4-3-5-14(10-13)28-17-12-27-9-7-16(17)23-19(25)15-11-22-18-6-1-2-8-24(18)20(15)26/h1-6,8,10-11,16-17H,7,9,12H2,(H,23,25). The van der Waals surface area contributed by atoms with E-state index in [-0.39, 0.29) is 18.2 Å². The summed E-state index contributed by atoms with van der Waals surface area (Å²) in [5.41, 5.74) is -0.0418. The van der Waals surface area contributed by atoms with Gasteiger partial charge in [-0.1, -0.05) is 12.1 Å². The summed E-state index contributed by atoms with van der Waals surface area (Å²) >= 11 is 0. The molecule has 0 spiro atoms. The van der Waals surface area contributed by atoms with Gasteiger partial charge in [-0.25, -0.2) is 9.37 Å². The number of fused-ring (bicyclic) bond motifs is 1. The molecule has 2 aromatic heterocycles. The summed E-state index contributed by atoms with van der Waals surface area (Å²) in [5.74, 6) is -0.595. The van der Waals surface area contributed by atoms with Gasteiger partial charge >= 0.3 is 0 Å². The Balaban J connectivity index is 1.54. The van der Waals surface area contributed by atoms with E-state index in [0.29, 0.717) is 24.4 Å². The number of hydrogen-bond donors (Lipinski definition) is 1. The fraction of sp³-hybridized carbons (Fsp3) is 0.250. The summed E-state index contributed by atoms with van der Waals surface area (Å²) in [7, 11) is 0. The van der Waals surface area contributed by atoms with Gasteiger partial charge in [0, 0.05) is 25.1 Å². The van der Waals surface area contributed by atoms with E-state index in [9.17, 15) is 14.0 Å². The molecular formula is C20H18FN3O4. The highest BCUT2D eigenvalue weighted by atomic mass is 19.1. The number of nitrogens with one attached hydrogen (secondary N) is 1. The molecule has 3 aromatic rings. The van der Waals surface area contributed by atoms with Crippen LogP contribution in [-0.2, 0) is 4.74 Å². The second-order valence-electron chi connectivity index (χ2n) is 6.46. The number of hydrogen-bond acceptors (Lipinski definition) is 5. The van der Waals surface area contributed by atoms with Crippen molar-refractivity contribution >= 4 is 11.6 Å². The van der Waals surface area contributed by atoms with Crippen molar-refractivity contribution in [1.82, 2.24) is 14.7 Å².